The Morgan fingerprint density at radius 3 is 2.93 bits per heavy atom. The Kier molecular flexibility index (Phi) is 2.97. The van der Waals surface area contributed by atoms with Gasteiger partial charge >= 0.3 is 0 Å². The predicted octanol–water partition coefficient (Wildman–Crippen LogP) is 1.39. The number of pyridine rings is 1. The normalized spacial score (nSPS) is 15.9. The van der Waals surface area contributed by atoms with Crippen LogP contribution in [-0.4, -0.2) is 23.6 Å². The highest BCUT2D eigenvalue weighted by molar-refractivity contribution is 8.03. The summed E-state index contributed by atoms with van der Waals surface area (Å²) < 4.78 is 25.0. The first-order valence-corrected chi connectivity index (χ1v) is 7.02. The number of hydrogen-bond acceptors (Lipinski definition) is 4. The van der Waals surface area contributed by atoms with Crippen molar-refractivity contribution in [3.8, 4) is 0 Å². The zero-order valence-electron chi connectivity index (χ0n) is 7.91. The van der Waals surface area contributed by atoms with E-state index in [9.17, 15) is 8.42 Å². The molecule has 0 saturated carbocycles. The van der Waals surface area contributed by atoms with E-state index in [1.165, 1.54) is 16.1 Å². The van der Waals surface area contributed by atoms with Gasteiger partial charge < -0.3 is 0 Å². The van der Waals surface area contributed by atoms with Gasteiger partial charge in [0.1, 0.15) is 5.75 Å². The minimum atomic E-state index is -3.25. The minimum Gasteiger partial charge on any atom is -0.266 e. The number of thioether (sulfide) groups is 1. The first-order chi connectivity index (χ1) is 7.18. The molecule has 1 aromatic heterocycles. The summed E-state index contributed by atoms with van der Waals surface area (Å²) in [4.78, 5) is 4.00. The van der Waals surface area contributed by atoms with Crippen LogP contribution in [0.5, 0.6) is 0 Å². The van der Waals surface area contributed by atoms with Crippen molar-refractivity contribution in [2.24, 2.45) is 0 Å². The second-order valence-electron chi connectivity index (χ2n) is 3.05. The summed E-state index contributed by atoms with van der Waals surface area (Å²) in [5.41, 5.74) is 0.572. The Balaban J connectivity index is 2.15. The van der Waals surface area contributed by atoms with Crippen LogP contribution in [0.4, 0.5) is 0 Å². The fourth-order valence-corrected chi connectivity index (χ4v) is 3.61. The molecule has 2 heterocycles. The highest BCUT2D eigenvalue weighted by Gasteiger charge is 2.21. The summed E-state index contributed by atoms with van der Waals surface area (Å²) in [5.74, 6) is 0.425. The highest BCUT2D eigenvalue weighted by Crippen LogP contribution is 2.20. The molecule has 0 atom stereocenters. The lowest BCUT2D eigenvalue weighted by Crippen LogP contribution is -2.25. The molecule has 0 aliphatic carbocycles. The Hall–Kier alpha value is -1.01. The molecule has 2 rings (SSSR count). The smallest absolute Gasteiger partial charge is 0.241 e. The summed E-state index contributed by atoms with van der Waals surface area (Å²) in [6.07, 6.45) is 3.18. The fraction of sp³-hybridized carbons (Fsp3) is 0.222. The zero-order valence-corrected chi connectivity index (χ0v) is 9.54. The summed E-state index contributed by atoms with van der Waals surface area (Å²) in [6, 6.07) is 5.26. The summed E-state index contributed by atoms with van der Waals surface area (Å²) in [6.45, 7) is 0. The third-order valence-corrected chi connectivity index (χ3v) is 4.47. The van der Waals surface area contributed by atoms with Crippen LogP contribution in [0.2, 0.25) is 0 Å². The van der Waals surface area contributed by atoms with Gasteiger partial charge in [-0.05, 0) is 17.5 Å². The van der Waals surface area contributed by atoms with E-state index >= 15 is 0 Å². The van der Waals surface area contributed by atoms with Gasteiger partial charge in [0, 0.05) is 12.4 Å². The van der Waals surface area contributed by atoms with E-state index in [0.29, 0.717) is 11.6 Å². The molecule has 0 saturated heterocycles. The van der Waals surface area contributed by atoms with Crippen LogP contribution in [0.3, 0.4) is 0 Å². The number of nitrogens with zero attached hydrogens (tertiary/aromatic N) is 2. The lowest BCUT2D eigenvalue weighted by molar-refractivity contribution is 0.534. The lowest BCUT2D eigenvalue weighted by Gasteiger charge is -2.14. The quantitative estimate of drug-likeness (QED) is 0.803. The van der Waals surface area contributed by atoms with Crippen molar-refractivity contribution >= 4 is 21.8 Å². The molecule has 1 aliphatic rings. The molecule has 15 heavy (non-hydrogen) atoms. The van der Waals surface area contributed by atoms with Crippen LogP contribution in [0.15, 0.2) is 36.0 Å². The van der Waals surface area contributed by atoms with Crippen molar-refractivity contribution in [1.82, 2.24) is 9.29 Å². The number of rotatable bonds is 3. The van der Waals surface area contributed by atoms with E-state index in [-0.39, 0.29) is 5.75 Å². The molecular weight excluding hydrogens is 232 g/mol. The van der Waals surface area contributed by atoms with E-state index in [2.05, 4.69) is 4.98 Å². The lowest BCUT2D eigenvalue weighted by atomic mass is 10.4. The Labute approximate surface area is 93.1 Å². The van der Waals surface area contributed by atoms with E-state index < -0.39 is 10.0 Å². The van der Waals surface area contributed by atoms with Crippen molar-refractivity contribution in [2.75, 3.05) is 5.88 Å². The Bertz CT molecular complexity index is 456. The third-order valence-electron chi connectivity index (χ3n) is 1.94. The molecule has 0 spiro atoms. The van der Waals surface area contributed by atoms with Gasteiger partial charge in [0.25, 0.3) is 0 Å². The van der Waals surface area contributed by atoms with Crippen LogP contribution in [0, 0.1) is 0 Å². The summed E-state index contributed by atoms with van der Waals surface area (Å²) in [5, 5.41) is 1.77. The minimum absolute atomic E-state index is 0.0429. The Morgan fingerprint density at radius 2 is 2.33 bits per heavy atom. The number of aromatic nitrogens is 1. The molecule has 0 aromatic carbocycles. The fourth-order valence-electron chi connectivity index (χ4n) is 1.20. The standard InChI is InChI=1S/C9H10N2O2S2/c12-15(13,11-5-6-14-8-11)7-9-3-1-2-4-10-9/h1-6H,7-8H2. The maximum absolute atomic E-state index is 11.8. The van der Waals surface area contributed by atoms with E-state index in [4.69, 9.17) is 0 Å². The van der Waals surface area contributed by atoms with Gasteiger partial charge in [0.05, 0.1) is 11.6 Å². The molecule has 80 valence electrons. The number of sulfonamides is 1. The molecular formula is C9H10N2O2S2. The van der Waals surface area contributed by atoms with Crippen LogP contribution in [0.25, 0.3) is 0 Å². The maximum Gasteiger partial charge on any atom is 0.241 e. The topological polar surface area (TPSA) is 50.3 Å². The monoisotopic (exact) mass is 242 g/mol. The van der Waals surface area contributed by atoms with Gasteiger partial charge in [-0.1, -0.05) is 6.07 Å². The molecule has 4 nitrogen and oxygen atoms in total. The van der Waals surface area contributed by atoms with Gasteiger partial charge in [-0.25, -0.2) is 8.42 Å². The van der Waals surface area contributed by atoms with Crippen LogP contribution in [0.1, 0.15) is 5.69 Å². The van der Waals surface area contributed by atoms with Gasteiger partial charge in [0.15, 0.2) is 0 Å². The van der Waals surface area contributed by atoms with Gasteiger partial charge in [0.2, 0.25) is 10.0 Å². The van der Waals surface area contributed by atoms with Crippen molar-refractivity contribution in [1.29, 1.82) is 0 Å². The van der Waals surface area contributed by atoms with Gasteiger partial charge in [-0.15, -0.1) is 11.8 Å². The van der Waals surface area contributed by atoms with Crippen molar-refractivity contribution in [2.45, 2.75) is 5.75 Å². The molecule has 0 radical (unpaired) electrons. The molecule has 0 fully saturated rings. The van der Waals surface area contributed by atoms with Crippen molar-refractivity contribution in [3.63, 3.8) is 0 Å². The maximum atomic E-state index is 11.8. The molecule has 0 N–H and O–H groups in total. The second kappa shape index (κ2) is 4.24. The summed E-state index contributed by atoms with van der Waals surface area (Å²) in [7, 11) is -3.25. The van der Waals surface area contributed by atoms with Crippen LogP contribution >= 0.6 is 11.8 Å². The van der Waals surface area contributed by atoms with Crippen molar-refractivity contribution < 1.29 is 8.42 Å². The second-order valence-corrected chi connectivity index (χ2v) is 5.83. The van der Waals surface area contributed by atoms with Crippen molar-refractivity contribution in [3.05, 3.63) is 41.7 Å². The number of hydrogen-bond donors (Lipinski definition) is 0. The molecule has 0 bridgehead atoms. The van der Waals surface area contributed by atoms with E-state index in [0.717, 1.165) is 0 Å². The summed E-state index contributed by atoms with van der Waals surface area (Å²) >= 11 is 1.47. The van der Waals surface area contributed by atoms with Crippen LogP contribution < -0.4 is 0 Å². The highest BCUT2D eigenvalue weighted by atomic mass is 32.2. The van der Waals surface area contributed by atoms with E-state index in [1.807, 2.05) is 0 Å². The Morgan fingerprint density at radius 1 is 1.47 bits per heavy atom. The molecule has 1 aromatic rings. The predicted molar refractivity (Wildman–Crippen MR) is 60.3 cm³/mol. The van der Waals surface area contributed by atoms with Gasteiger partial charge in [-0.2, -0.15) is 0 Å². The van der Waals surface area contributed by atoms with E-state index in [1.54, 1.807) is 36.0 Å². The largest absolute Gasteiger partial charge is 0.266 e. The van der Waals surface area contributed by atoms with Gasteiger partial charge in [-0.3, -0.25) is 9.29 Å². The van der Waals surface area contributed by atoms with Crippen LogP contribution in [-0.2, 0) is 15.8 Å². The first kappa shape index (κ1) is 10.5. The average molecular weight is 242 g/mol. The average Bonchev–Trinajstić information content (AvgIpc) is 2.71. The molecule has 6 heteroatoms. The third kappa shape index (κ3) is 2.51. The first-order valence-electron chi connectivity index (χ1n) is 4.36. The molecule has 0 unspecified atom stereocenters. The zero-order chi connectivity index (χ0) is 10.7. The molecule has 0 amide bonds. The SMILES string of the molecule is O=S(=O)(Cc1ccccn1)N1C=CSC1. The molecule has 1 aliphatic heterocycles.